The number of ether oxygens (including phenoxy) is 3. The van der Waals surface area contributed by atoms with E-state index in [1.165, 1.54) is 16.3 Å². The number of methoxy groups -OCH3 is 1. The molecule has 0 aromatic carbocycles. The first-order valence-electron chi connectivity index (χ1n) is 7.24. The quantitative estimate of drug-likeness (QED) is 0.212. The Hall–Kier alpha value is 0.760. The van der Waals surface area contributed by atoms with E-state index in [4.69, 9.17) is 14.2 Å². The normalized spacial score (nSPS) is 24.9. The molecule has 118 valence electrons. The van der Waals surface area contributed by atoms with Crippen LogP contribution in [0, 0.1) is 24.3 Å². The van der Waals surface area contributed by atoms with E-state index in [9.17, 15) is 0 Å². The molecule has 0 aromatic heterocycles. The average molecular weight is 429 g/mol. The molecule has 0 heterocycles. The Balaban J connectivity index is 0.00000191. The minimum absolute atomic E-state index is 0.238. The Morgan fingerprint density at radius 2 is 2.00 bits per heavy atom. The first-order valence-corrected chi connectivity index (χ1v) is 17.7. The zero-order valence-corrected chi connectivity index (χ0v) is 19.4. The summed E-state index contributed by atoms with van der Waals surface area (Å²) in [5.74, 6) is 3.63. The van der Waals surface area contributed by atoms with Crippen molar-refractivity contribution in [3.8, 4) is 11.5 Å². The maximum atomic E-state index is 5.95. The van der Waals surface area contributed by atoms with Gasteiger partial charge < -0.3 is 21.1 Å². The Bertz CT molecular complexity index is 338. The fourth-order valence-corrected chi connectivity index (χ4v) is 2.67. The van der Waals surface area contributed by atoms with Crippen molar-refractivity contribution in [3.05, 3.63) is 6.92 Å². The van der Waals surface area contributed by atoms with E-state index in [1.54, 1.807) is 7.11 Å². The Kier molecular flexibility index (Phi) is 11.7. The minimum atomic E-state index is -1.39. The summed E-state index contributed by atoms with van der Waals surface area (Å²) in [5.41, 5.74) is 3.04. The van der Waals surface area contributed by atoms with Gasteiger partial charge in [0.2, 0.25) is 0 Å². The molecule has 1 aliphatic carbocycles. The first kappa shape index (κ1) is 21.8. The second kappa shape index (κ2) is 11.3. The fourth-order valence-electron chi connectivity index (χ4n) is 2.08. The fraction of sp³-hybridized carbons (Fsp3) is 0.800. The van der Waals surface area contributed by atoms with E-state index in [1.807, 2.05) is 0 Å². The SMILES string of the molecule is [CH2-][C@@H]1CCC[C@@]1(C#C[Si](C)(C)C)OCOCCOC.[Zn+][Br]. The number of hydrogen-bond donors (Lipinski definition) is 0. The van der Waals surface area contributed by atoms with Crippen molar-refractivity contribution in [2.45, 2.75) is 44.5 Å². The van der Waals surface area contributed by atoms with Crippen molar-refractivity contribution in [2.75, 3.05) is 27.1 Å². The Morgan fingerprint density at radius 1 is 1.33 bits per heavy atom. The average Bonchev–Trinajstić information content (AvgIpc) is 2.80. The van der Waals surface area contributed by atoms with Gasteiger partial charge in [-0.25, -0.2) is 0 Å². The molecule has 0 aliphatic heterocycles. The molecule has 0 amide bonds. The van der Waals surface area contributed by atoms with Crippen LogP contribution < -0.4 is 0 Å². The second-order valence-electron chi connectivity index (χ2n) is 6.14. The van der Waals surface area contributed by atoms with Crippen LogP contribution in [0.5, 0.6) is 0 Å². The van der Waals surface area contributed by atoms with Crippen molar-refractivity contribution in [1.82, 2.24) is 0 Å². The summed E-state index contributed by atoms with van der Waals surface area (Å²) >= 11 is 4.25. The van der Waals surface area contributed by atoms with Gasteiger partial charge in [-0.05, 0) is 6.42 Å². The van der Waals surface area contributed by atoms with Crippen molar-refractivity contribution in [3.63, 3.8) is 0 Å². The van der Waals surface area contributed by atoms with Gasteiger partial charge in [0.25, 0.3) is 0 Å². The number of hydrogen-bond acceptors (Lipinski definition) is 3. The molecule has 0 unspecified atom stereocenters. The molecule has 0 N–H and O–H groups in total. The monoisotopic (exact) mass is 426 g/mol. The number of rotatable bonds is 6. The van der Waals surface area contributed by atoms with E-state index in [0.717, 1.165) is 19.3 Å². The molecule has 0 bridgehead atoms. The summed E-state index contributed by atoms with van der Waals surface area (Å²) in [6.45, 7) is 12.4. The zero-order valence-electron chi connectivity index (χ0n) is 13.8. The van der Waals surface area contributed by atoms with Crippen molar-refractivity contribution in [2.24, 2.45) is 5.92 Å². The third-order valence-corrected chi connectivity index (χ3v) is 4.12. The topological polar surface area (TPSA) is 27.7 Å². The molecule has 1 aliphatic rings. The molecule has 0 radical (unpaired) electrons. The molecule has 0 aromatic rings. The molecule has 6 heteroatoms. The molecule has 1 rings (SSSR count). The standard InChI is InChI=1S/C15H27O3Si.BrH.Zn/c1-14-7-6-8-15(14,9-12-19(3,4)5)18-13-17-11-10-16-2;;/h14H,1,6-8,10-11,13H2,2-5H3;1H;/q-1;;+2/p-1/t14-,15+;;/m1../s1. The van der Waals surface area contributed by atoms with Gasteiger partial charge in [0.15, 0.2) is 0 Å². The summed E-state index contributed by atoms with van der Waals surface area (Å²) in [6.07, 6.45) is 3.18. The summed E-state index contributed by atoms with van der Waals surface area (Å²) in [6, 6.07) is 0. The molecule has 21 heavy (non-hydrogen) atoms. The van der Waals surface area contributed by atoms with Gasteiger partial charge in [0, 0.05) is 7.11 Å². The van der Waals surface area contributed by atoms with Gasteiger partial charge in [-0.2, -0.15) is 0 Å². The summed E-state index contributed by atoms with van der Waals surface area (Å²) in [4.78, 5) is 0. The predicted octanol–water partition coefficient (Wildman–Crippen LogP) is 3.72. The first-order chi connectivity index (χ1) is 9.90. The van der Waals surface area contributed by atoms with Gasteiger partial charge >= 0.3 is 30.0 Å². The van der Waals surface area contributed by atoms with Crippen LogP contribution in [0.4, 0.5) is 0 Å². The third-order valence-electron chi connectivity index (χ3n) is 3.24. The summed E-state index contributed by atoms with van der Waals surface area (Å²) in [5, 5.41) is 0. The third kappa shape index (κ3) is 8.83. The van der Waals surface area contributed by atoms with Crippen LogP contribution in [-0.4, -0.2) is 40.8 Å². The molecule has 1 fully saturated rings. The van der Waals surface area contributed by atoms with Crippen molar-refractivity contribution >= 4 is 21.7 Å². The van der Waals surface area contributed by atoms with Gasteiger partial charge in [-0.3, -0.25) is 0 Å². The van der Waals surface area contributed by atoms with Gasteiger partial charge in [-0.15, -0.1) is 11.5 Å². The zero-order chi connectivity index (χ0) is 16.4. The Morgan fingerprint density at radius 3 is 2.48 bits per heavy atom. The van der Waals surface area contributed by atoms with Crippen LogP contribution in [0.15, 0.2) is 0 Å². The molecule has 3 nitrogen and oxygen atoms in total. The molecule has 0 spiro atoms. The van der Waals surface area contributed by atoms with Crippen LogP contribution in [0.2, 0.25) is 19.6 Å². The Labute approximate surface area is 147 Å². The van der Waals surface area contributed by atoms with E-state index in [2.05, 4.69) is 51.7 Å². The van der Waals surface area contributed by atoms with Crippen LogP contribution in [-0.2, 0) is 30.6 Å². The maximum absolute atomic E-state index is 5.95. The predicted molar refractivity (Wildman–Crippen MR) is 89.3 cm³/mol. The molecule has 1 saturated carbocycles. The van der Waals surface area contributed by atoms with Crippen molar-refractivity contribution in [1.29, 1.82) is 0 Å². The molecular formula is C15H27BrO3SiZn. The van der Waals surface area contributed by atoms with Crippen LogP contribution in [0.25, 0.3) is 0 Å². The van der Waals surface area contributed by atoms with Gasteiger partial charge in [0.1, 0.15) is 20.5 Å². The van der Waals surface area contributed by atoms with Crippen LogP contribution in [0.1, 0.15) is 19.3 Å². The van der Waals surface area contributed by atoms with Gasteiger partial charge in [-0.1, -0.05) is 38.4 Å². The second-order valence-corrected chi connectivity index (χ2v) is 10.9. The van der Waals surface area contributed by atoms with Crippen LogP contribution in [0.3, 0.4) is 0 Å². The van der Waals surface area contributed by atoms with E-state index in [0.29, 0.717) is 13.2 Å². The van der Waals surface area contributed by atoms with Crippen molar-refractivity contribution < 1.29 is 30.6 Å². The van der Waals surface area contributed by atoms with Gasteiger partial charge in [0.05, 0.1) is 13.2 Å². The molecular weight excluding hydrogens is 402 g/mol. The summed E-state index contributed by atoms with van der Waals surface area (Å²) < 4.78 is 16.3. The van der Waals surface area contributed by atoms with E-state index >= 15 is 0 Å². The summed E-state index contributed by atoms with van der Waals surface area (Å²) in [7, 11) is 0.270. The van der Waals surface area contributed by atoms with E-state index in [-0.39, 0.29) is 12.7 Å². The van der Waals surface area contributed by atoms with E-state index < -0.39 is 13.7 Å². The number of halogens is 1. The molecule has 0 saturated heterocycles. The van der Waals surface area contributed by atoms with Crippen LogP contribution >= 0.6 is 13.6 Å². The molecule has 2 atom stereocenters.